The molecule has 8 heteroatoms. The van der Waals surface area contributed by atoms with Gasteiger partial charge in [0.1, 0.15) is 5.75 Å². The second-order valence-electron chi connectivity index (χ2n) is 6.96. The van der Waals surface area contributed by atoms with Gasteiger partial charge in [0.15, 0.2) is 6.10 Å². The predicted octanol–water partition coefficient (Wildman–Crippen LogP) is 2.44. The zero-order valence-electron chi connectivity index (χ0n) is 16.7. The molecule has 0 spiro atoms. The Balaban J connectivity index is 1.42. The molecule has 1 heterocycles. The quantitative estimate of drug-likeness (QED) is 0.766. The summed E-state index contributed by atoms with van der Waals surface area (Å²) < 4.78 is 5.56. The Morgan fingerprint density at radius 3 is 2.33 bits per heavy atom. The molecule has 1 fully saturated rings. The fourth-order valence-electron chi connectivity index (χ4n) is 3.15. The Morgan fingerprint density at radius 1 is 1.10 bits per heavy atom. The minimum absolute atomic E-state index is 0.0686. The lowest BCUT2D eigenvalue weighted by molar-refractivity contribution is -0.134. The molecule has 0 radical (unpaired) electrons. The molecule has 2 aromatic rings. The second kappa shape index (κ2) is 9.99. The molecule has 1 N–H and O–H groups in total. The maximum atomic E-state index is 12.4. The topological polar surface area (TPSA) is 85.7 Å². The number of piperazine rings is 1. The molecule has 2 amide bonds. The van der Waals surface area contributed by atoms with E-state index in [0.717, 1.165) is 18.8 Å². The van der Waals surface area contributed by atoms with Crippen LogP contribution in [0.25, 0.3) is 0 Å². The van der Waals surface area contributed by atoms with Crippen molar-refractivity contribution >= 4 is 29.1 Å². The van der Waals surface area contributed by atoms with Gasteiger partial charge in [-0.15, -0.1) is 0 Å². The fourth-order valence-corrected chi connectivity index (χ4v) is 3.28. The first kappa shape index (κ1) is 21.5. The number of ether oxygens (including phenoxy) is 1. The first-order chi connectivity index (χ1) is 14.5. The third-order valence-corrected chi connectivity index (χ3v) is 5.16. The molecular weight excluding hydrogens is 404 g/mol. The zero-order valence-corrected chi connectivity index (χ0v) is 17.4. The van der Waals surface area contributed by atoms with Crippen LogP contribution in [0.3, 0.4) is 0 Å². The van der Waals surface area contributed by atoms with E-state index < -0.39 is 6.10 Å². The number of amides is 2. The lowest BCUT2D eigenvalue weighted by atomic mass is 10.2. The number of carbonyl (C=O) groups excluding carboxylic acids is 2. The van der Waals surface area contributed by atoms with E-state index >= 15 is 0 Å². The SMILES string of the molecule is CC(Oc1ccc(C#N)cc1)C(=O)NCC(=O)N1CCN(c2ccc(Cl)cc2)CC1. The third-order valence-electron chi connectivity index (χ3n) is 4.90. The molecule has 2 aromatic carbocycles. The van der Waals surface area contributed by atoms with Crippen LogP contribution in [0, 0.1) is 11.3 Å². The zero-order chi connectivity index (χ0) is 21.5. The van der Waals surface area contributed by atoms with Crippen molar-refractivity contribution in [1.82, 2.24) is 10.2 Å². The molecule has 1 aliphatic rings. The van der Waals surface area contributed by atoms with Crippen molar-refractivity contribution < 1.29 is 14.3 Å². The van der Waals surface area contributed by atoms with Crippen molar-refractivity contribution in [3.8, 4) is 11.8 Å². The number of nitriles is 1. The second-order valence-corrected chi connectivity index (χ2v) is 7.39. The monoisotopic (exact) mass is 426 g/mol. The van der Waals surface area contributed by atoms with Crippen LogP contribution in [-0.4, -0.2) is 55.5 Å². The number of nitrogens with zero attached hydrogens (tertiary/aromatic N) is 3. The van der Waals surface area contributed by atoms with Gasteiger partial charge >= 0.3 is 0 Å². The molecule has 1 atom stereocenters. The molecule has 1 saturated heterocycles. The van der Waals surface area contributed by atoms with E-state index in [9.17, 15) is 9.59 Å². The summed E-state index contributed by atoms with van der Waals surface area (Å²) >= 11 is 5.93. The van der Waals surface area contributed by atoms with Gasteiger partial charge in [-0.05, 0) is 55.5 Å². The van der Waals surface area contributed by atoms with E-state index in [4.69, 9.17) is 21.6 Å². The Kier molecular flexibility index (Phi) is 7.15. The minimum Gasteiger partial charge on any atom is -0.481 e. The van der Waals surface area contributed by atoms with E-state index in [-0.39, 0.29) is 18.4 Å². The summed E-state index contributed by atoms with van der Waals surface area (Å²) in [6, 6.07) is 16.2. The van der Waals surface area contributed by atoms with E-state index in [2.05, 4.69) is 10.2 Å². The van der Waals surface area contributed by atoms with Crippen molar-refractivity contribution in [2.75, 3.05) is 37.6 Å². The first-order valence-corrected chi connectivity index (χ1v) is 10.1. The number of hydrogen-bond donors (Lipinski definition) is 1. The summed E-state index contributed by atoms with van der Waals surface area (Å²) in [5.41, 5.74) is 1.59. The predicted molar refractivity (Wildman–Crippen MR) is 115 cm³/mol. The molecule has 0 bridgehead atoms. The molecular formula is C22H23ClN4O3. The molecule has 1 aliphatic heterocycles. The van der Waals surface area contributed by atoms with Crippen LogP contribution in [0.1, 0.15) is 12.5 Å². The average molecular weight is 427 g/mol. The van der Waals surface area contributed by atoms with Gasteiger partial charge in [-0.1, -0.05) is 11.6 Å². The standard InChI is InChI=1S/C22H23ClN4O3/c1-16(30-20-8-2-17(14-24)3-9-20)22(29)25-15-21(28)27-12-10-26(11-13-27)19-6-4-18(23)5-7-19/h2-9,16H,10-13,15H2,1H3,(H,25,29). The lowest BCUT2D eigenvalue weighted by Gasteiger charge is -2.36. The van der Waals surface area contributed by atoms with Crippen LogP contribution in [0.2, 0.25) is 5.02 Å². The van der Waals surface area contributed by atoms with Gasteiger partial charge in [-0.2, -0.15) is 5.26 Å². The molecule has 30 heavy (non-hydrogen) atoms. The van der Waals surface area contributed by atoms with Crippen molar-refractivity contribution in [1.29, 1.82) is 5.26 Å². The summed E-state index contributed by atoms with van der Waals surface area (Å²) in [4.78, 5) is 28.6. The van der Waals surface area contributed by atoms with E-state index in [1.54, 1.807) is 36.1 Å². The van der Waals surface area contributed by atoms with Crippen LogP contribution in [0.5, 0.6) is 5.75 Å². The summed E-state index contributed by atoms with van der Waals surface area (Å²) in [6.45, 7) is 4.17. The number of hydrogen-bond acceptors (Lipinski definition) is 5. The van der Waals surface area contributed by atoms with Crippen molar-refractivity contribution in [3.63, 3.8) is 0 Å². The largest absolute Gasteiger partial charge is 0.481 e. The van der Waals surface area contributed by atoms with Crippen LogP contribution in [0.4, 0.5) is 5.69 Å². The molecule has 156 valence electrons. The molecule has 0 aromatic heterocycles. The Bertz CT molecular complexity index is 917. The van der Waals surface area contributed by atoms with Gasteiger partial charge in [0.25, 0.3) is 5.91 Å². The summed E-state index contributed by atoms with van der Waals surface area (Å²) in [5.74, 6) is -0.00140. The number of anilines is 1. The maximum Gasteiger partial charge on any atom is 0.261 e. The van der Waals surface area contributed by atoms with Crippen LogP contribution in [0.15, 0.2) is 48.5 Å². The Labute approximate surface area is 180 Å². The molecule has 0 saturated carbocycles. The normalized spacial score (nSPS) is 14.6. The number of carbonyl (C=O) groups is 2. The van der Waals surface area contributed by atoms with Crippen LogP contribution in [-0.2, 0) is 9.59 Å². The summed E-state index contributed by atoms with van der Waals surface area (Å²) in [7, 11) is 0. The highest BCUT2D eigenvalue weighted by Gasteiger charge is 2.22. The highest BCUT2D eigenvalue weighted by molar-refractivity contribution is 6.30. The average Bonchev–Trinajstić information content (AvgIpc) is 2.78. The minimum atomic E-state index is -0.757. The summed E-state index contributed by atoms with van der Waals surface area (Å²) in [6.07, 6.45) is -0.757. The fraction of sp³-hybridized carbons (Fsp3) is 0.318. The highest BCUT2D eigenvalue weighted by Crippen LogP contribution is 2.19. The van der Waals surface area contributed by atoms with Gasteiger partial charge in [0.05, 0.1) is 18.2 Å². The Hall–Kier alpha value is -3.24. The van der Waals surface area contributed by atoms with E-state index in [1.807, 2.05) is 30.3 Å². The van der Waals surface area contributed by atoms with Crippen molar-refractivity contribution in [3.05, 3.63) is 59.1 Å². The van der Waals surface area contributed by atoms with Gasteiger partial charge in [-0.25, -0.2) is 0 Å². The smallest absolute Gasteiger partial charge is 0.261 e. The molecule has 0 aliphatic carbocycles. The van der Waals surface area contributed by atoms with Gasteiger partial charge in [0.2, 0.25) is 5.91 Å². The number of nitrogens with one attached hydrogen (secondary N) is 1. The van der Waals surface area contributed by atoms with Crippen molar-refractivity contribution in [2.24, 2.45) is 0 Å². The van der Waals surface area contributed by atoms with Gasteiger partial charge < -0.3 is 19.9 Å². The van der Waals surface area contributed by atoms with Gasteiger partial charge in [0, 0.05) is 36.9 Å². The number of rotatable bonds is 6. The molecule has 7 nitrogen and oxygen atoms in total. The Morgan fingerprint density at radius 2 is 1.73 bits per heavy atom. The first-order valence-electron chi connectivity index (χ1n) is 9.69. The third kappa shape index (κ3) is 5.65. The lowest BCUT2D eigenvalue weighted by Crippen LogP contribution is -2.52. The van der Waals surface area contributed by atoms with E-state index in [0.29, 0.717) is 29.4 Å². The highest BCUT2D eigenvalue weighted by atomic mass is 35.5. The number of halogens is 1. The van der Waals surface area contributed by atoms with Crippen LogP contribution < -0.4 is 15.0 Å². The molecule has 3 rings (SSSR count). The number of benzene rings is 2. The van der Waals surface area contributed by atoms with Crippen LogP contribution >= 0.6 is 11.6 Å². The van der Waals surface area contributed by atoms with Crippen molar-refractivity contribution in [2.45, 2.75) is 13.0 Å². The summed E-state index contributed by atoms with van der Waals surface area (Å²) in [5, 5.41) is 12.1. The molecule has 1 unspecified atom stereocenters. The van der Waals surface area contributed by atoms with Gasteiger partial charge in [-0.3, -0.25) is 9.59 Å². The van der Waals surface area contributed by atoms with E-state index in [1.165, 1.54) is 0 Å². The maximum absolute atomic E-state index is 12.4.